The van der Waals surface area contributed by atoms with E-state index in [9.17, 15) is 0 Å². The first-order chi connectivity index (χ1) is 9.20. The van der Waals surface area contributed by atoms with Crippen LogP contribution in [0.2, 0.25) is 0 Å². The molecule has 1 nitrogen and oxygen atoms in total. The third kappa shape index (κ3) is 3.65. The second-order valence-corrected chi connectivity index (χ2v) is 6.21. The Kier molecular flexibility index (Phi) is 5.56. The number of rotatable bonds is 5. The number of alkyl halides is 2. The van der Waals surface area contributed by atoms with E-state index < -0.39 is 0 Å². The molecule has 1 aliphatic heterocycles. The van der Waals surface area contributed by atoms with Crippen LogP contribution in [0.15, 0.2) is 24.3 Å². The lowest BCUT2D eigenvalue weighted by atomic mass is 9.74. The van der Waals surface area contributed by atoms with Crippen LogP contribution in [0.1, 0.15) is 30.4 Å². The van der Waals surface area contributed by atoms with Gasteiger partial charge in [0.1, 0.15) is 0 Å². The summed E-state index contributed by atoms with van der Waals surface area (Å²) in [5.74, 6) is 1.83. The van der Waals surface area contributed by atoms with Gasteiger partial charge in [0, 0.05) is 30.4 Å². The highest BCUT2D eigenvalue weighted by atomic mass is 35.5. The van der Waals surface area contributed by atoms with Crippen molar-refractivity contribution in [2.24, 2.45) is 5.92 Å². The molecule has 0 saturated carbocycles. The summed E-state index contributed by atoms with van der Waals surface area (Å²) in [7, 11) is 0. The maximum Gasteiger partial charge on any atom is 0.0468 e. The number of hydrogen-bond acceptors (Lipinski definition) is 1. The first-order valence-corrected chi connectivity index (χ1v) is 8.04. The van der Waals surface area contributed by atoms with Gasteiger partial charge in [-0.1, -0.05) is 29.8 Å². The molecule has 0 aromatic heterocycles. The van der Waals surface area contributed by atoms with Gasteiger partial charge in [0.05, 0.1) is 0 Å². The molecule has 106 valence electrons. The number of aryl methyl sites for hydroxylation is 1. The zero-order valence-electron chi connectivity index (χ0n) is 11.5. The van der Waals surface area contributed by atoms with Crippen molar-refractivity contribution in [1.29, 1.82) is 0 Å². The molecular weight excluding hydrogens is 279 g/mol. The first kappa shape index (κ1) is 15.2. The molecule has 1 fully saturated rings. The van der Waals surface area contributed by atoms with Crippen LogP contribution in [0, 0.1) is 12.8 Å². The van der Waals surface area contributed by atoms with Crippen molar-refractivity contribution in [2.45, 2.75) is 31.6 Å². The van der Waals surface area contributed by atoms with Crippen LogP contribution in [0.5, 0.6) is 0 Å². The summed E-state index contributed by atoms with van der Waals surface area (Å²) in [6.07, 6.45) is 3.31. The van der Waals surface area contributed by atoms with Gasteiger partial charge in [-0.3, -0.25) is 0 Å². The van der Waals surface area contributed by atoms with Crippen molar-refractivity contribution in [3.63, 3.8) is 0 Å². The third-order valence-electron chi connectivity index (χ3n) is 4.20. The van der Waals surface area contributed by atoms with Crippen molar-refractivity contribution >= 4 is 23.2 Å². The number of ether oxygens (including phenoxy) is 1. The van der Waals surface area contributed by atoms with Crippen molar-refractivity contribution < 1.29 is 4.74 Å². The second kappa shape index (κ2) is 6.97. The summed E-state index contributed by atoms with van der Waals surface area (Å²) in [6, 6.07) is 8.65. The number of benzene rings is 1. The number of halogens is 2. The Morgan fingerprint density at radius 3 is 2.21 bits per heavy atom. The van der Waals surface area contributed by atoms with Gasteiger partial charge in [-0.05, 0) is 37.7 Å². The van der Waals surface area contributed by atoms with Crippen molar-refractivity contribution in [3.8, 4) is 0 Å². The fraction of sp³-hybridized carbons (Fsp3) is 0.625. The Balaban J connectivity index is 2.18. The smallest absolute Gasteiger partial charge is 0.0468 e. The van der Waals surface area contributed by atoms with E-state index in [2.05, 4.69) is 31.2 Å². The minimum Gasteiger partial charge on any atom is -0.381 e. The van der Waals surface area contributed by atoms with Gasteiger partial charge >= 0.3 is 0 Å². The monoisotopic (exact) mass is 300 g/mol. The lowest BCUT2D eigenvalue weighted by Crippen LogP contribution is -2.35. The van der Waals surface area contributed by atoms with Crippen molar-refractivity contribution in [1.82, 2.24) is 0 Å². The van der Waals surface area contributed by atoms with Gasteiger partial charge in [0.15, 0.2) is 0 Å². The molecule has 19 heavy (non-hydrogen) atoms. The quantitative estimate of drug-likeness (QED) is 0.726. The van der Waals surface area contributed by atoms with Crippen LogP contribution in [0.3, 0.4) is 0 Å². The van der Waals surface area contributed by atoms with E-state index in [1.807, 2.05) is 0 Å². The topological polar surface area (TPSA) is 9.23 Å². The SMILES string of the molecule is Cc1ccc(C(CCl)(CCl)CC2CCOCC2)cc1. The Labute approximate surface area is 126 Å². The predicted octanol–water partition coefficient (Wildman–Crippen LogP) is 4.53. The molecule has 0 atom stereocenters. The Morgan fingerprint density at radius 1 is 1.11 bits per heavy atom. The highest BCUT2D eigenvalue weighted by molar-refractivity contribution is 6.22. The average Bonchev–Trinajstić information content (AvgIpc) is 2.47. The normalized spacial score (nSPS) is 17.6. The van der Waals surface area contributed by atoms with Gasteiger partial charge < -0.3 is 4.74 Å². The molecule has 1 aliphatic rings. The molecule has 0 aliphatic carbocycles. The van der Waals surface area contributed by atoms with E-state index in [1.54, 1.807) is 0 Å². The summed E-state index contributed by atoms with van der Waals surface area (Å²) < 4.78 is 5.44. The van der Waals surface area contributed by atoms with Gasteiger partial charge in [-0.25, -0.2) is 0 Å². The molecule has 0 unspecified atom stereocenters. The van der Waals surface area contributed by atoms with Crippen molar-refractivity contribution in [2.75, 3.05) is 25.0 Å². The zero-order valence-corrected chi connectivity index (χ0v) is 13.0. The molecule has 0 amide bonds. The molecule has 0 radical (unpaired) electrons. The van der Waals surface area contributed by atoms with E-state index in [0.717, 1.165) is 32.5 Å². The van der Waals surface area contributed by atoms with E-state index in [4.69, 9.17) is 27.9 Å². The Bertz CT molecular complexity index is 378. The molecular formula is C16H22Cl2O. The van der Waals surface area contributed by atoms with Crippen LogP contribution < -0.4 is 0 Å². The largest absolute Gasteiger partial charge is 0.381 e. The first-order valence-electron chi connectivity index (χ1n) is 6.97. The lowest BCUT2D eigenvalue weighted by molar-refractivity contribution is 0.0581. The standard InChI is InChI=1S/C16H22Cl2O/c1-13-2-4-15(5-3-13)16(11-17,12-18)10-14-6-8-19-9-7-14/h2-5,14H,6-12H2,1H3. The van der Waals surface area contributed by atoms with Crippen LogP contribution in [-0.2, 0) is 10.2 Å². The highest BCUT2D eigenvalue weighted by Crippen LogP contribution is 2.37. The van der Waals surface area contributed by atoms with E-state index >= 15 is 0 Å². The Morgan fingerprint density at radius 2 is 1.68 bits per heavy atom. The maximum absolute atomic E-state index is 6.30. The summed E-state index contributed by atoms with van der Waals surface area (Å²) in [5, 5.41) is 0. The van der Waals surface area contributed by atoms with E-state index in [1.165, 1.54) is 11.1 Å². The molecule has 1 saturated heterocycles. The molecule has 0 spiro atoms. The molecule has 1 aromatic carbocycles. The van der Waals surface area contributed by atoms with Gasteiger partial charge in [-0.15, -0.1) is 23.2 Å². The fourth-order valence-corrected chi connectivity index (χ4v) is 3.64. The molecule has 1 heterocycles. The zero-order chi connectivity index (χ0) is 13.7. The molecule has 0 bridgehead atoms. The summed E-state index contributed by atoms with van der Waals surface area (Å²) in [6.45, 7) is 3.85. The van der Waals surface area contributed by atoms with E-state index in [-0.39, 0.29) is 5.41 Å². The minimum absolute atomic E-state index is 0.0984. The predicted molar refractivity (Wildman–Crippen MR) is 82.5 cm³/mol. The number of hydrogen-bond donors (Lipinski definition) is 0. The molecule has 0 N–H and O–H groups in total. The summed E-state index contributed by atoms with van der Waals surface area (Å²) in [5.41, 5.74) is 2.45. The summed E-state index contributed by atoms with van der Waals surface area (Å²) >= 11 is 12.6. The van der Waals surface area contributed by atoms with E-state index in [0.29, 0.717) is 17.7 Å². The fourth-order valence-electron chi connectivity index (χ4n) is 2.83. The van der Waals surface area contributed by atoms with Crippen LogP contribution in [-0.4, -0.2) is 25.0 Å². The van der Waals surface area contributed by atoms with Crippen LogP contribution in [0.25, 0.3) is 0 Å². The average molecular weight is 301 g/mol. The highest BCUT2D eigenvalue weighted by Gasteiger charge is 2.34. The maximum atomic E-state index is 6.30. The summed E-state index contributed by atoms with van der Waals surface area (Å²) in [4.78, 5) is 0. The van der Waals surface area contributed by atoms with Crippen molar-refractivity contribution in [3.05, 3.63) is 35.4 Å². The van der Waals surface area contributed by atoms with Gasteiger partial charge in [0.25, 0.3) is 0 Å². The second-order valence-electron chi connectivity index (χ2n) is 5.67. The third-order valence-corrected chi connectivity index (χ3v) is 5.22. The molecule has 3 heteroatoms. The van der Waals surface area contributed by atoms with Gasteiger partial charge in [0.2, 0.25) is 0 Å². The molecule has 2 rings (SSSR count). The van der Waals surface area contributed by atoms with Crippen LogP contribution in [0.4, 0.5) is 0 Å². The lowest BCUT2D eigenvalue weighted by Gasteiger charge is -2.35. The van der Waals surface area contributed by atoms with Crippen LogP contribution >= 0.6 is 23.2 Å². The Hall–Kier alpha value is -0.240. The van der Waals surface area contributed by atoms with Gasteiger partial charge in [-0.2, -0.15) is 0 Å². The minimum atomic E-state index is -0.0984. The molecule has 1 aromatic rings.